The standard InChI is InChI=1S/C17H21N5O2/c1-2-14-13(11-20-22(14)15-5-3-4-8-19-15)17(24)21-9-6-12(7-10-21)16(18)23/h3-5,8,11-12H,2,6-7,9-10H2,1H3,(H2,18,23). The topological polar surface area (TPSA) is 94.1 Å². The summed E-state index contributed by atoms with van der Waals surface area (Å²) in [4.78, 5) is 30.2. The highest BCUT2D eigenvalue weighted by molar-refractivity contribution is 5.95. The number of nitrogens with zero attached hydrogens (tertiary/aromatic N) is 4. The second kappa shape index (κ2) is 6.82. The summed E-state index contributed by atoms with van der Waals surface area (Å²) in [6, 6.07) is 5.59. The lowest BCUT2D eigenvalue weighted by Gasteiger charge is -2.30. The zero-order chi connectivity index (χ0) is 17.1. The van der Waals surface area contributed by atoms with Gasteiger partial charge in [-0.15, -0.1) is 0 Å². The number of carbonyl (C=O) groups excluding carboxylic acids is 2. The van der Waals surface area contributed by atoms with E-state index in [2.05, 4.69) is 10.1 Å². The molecule has 1 saturated heterocycles. The van der Waals surface area contributed by atoms with Gasteiger partial charge in [0.1, 0.15) is 0 Å². The van der Waals surface area contributed by atoms with Crippen LogP contribution in [0.5, 0.6) is 0 Å². The van der Waals surface area contributed by atoms with Gasteiger partial charge in [-0.3, -0.25) is 9.59 Å². The third-order valence-corrected chi connectivity index (χ3v) is 4.48. The molecule has 0 aliphatic carbocycles. The van der Waals surface area contributed by atoms with E-state index in [1.807, 2.05) is 25.1 Å². The van der Waals surface area contributed by atoms with Gasteiger partial charge in [-0.05, 0) is 31.4 Å². The van der Waals surface area contributed by atoms with Gasteiger partial charge in [-0.1, -0.05) is 13.0 Å². The van der Waals surface area contributed by atoms with Crippen LogP contribution in [-0.4, -0.2) is 44.6 Å². The fourth-order valence-electron chi connectivity index (χ4n) is 3.11. The first-order chi connectivity index (χ1) is 11.6. The number of aromatic nitrogens is 3. The molecule has 0 unspecified atom stereocenters. The van der Waals surface area contributed by atoms with Crippen LogP contribution in [0.25, 0.3) is 5.82 Å². The second-order valence-electron chi connectivity index (χ2n) is 5.93. The van der Waals surface area contributed by atoms with Gasteiger partial charge < -0.3 is 10.6 Å². The number of likely N-dealkylation sites (tertiary alicyclic amines) is 1. The molecule has 2 aromatic rings. The summed E-state index contributed by atoms with van der Waals surface area (Å²) in [6.45, 7) is 3.08. The number of pyridine rings is 1. The summed E-state index contributed by atoms with van der Waals surface area (Å²) in [5, 5.41) is 4.35. The Morgan fingerprint density at radius 1 is 1.29 bits per heavy atom. The number of rotatable bonds is 4. The number of piperidine rings is 1. The first kappa shape index (κ1) is 16.2. The highest BCUT2D eigenvalue weighted by Crippen LogP contribution is 2.21. The molecule has 0 saturated carbocycles. The number of primary amides is 1. The molecule has 1 aliphatic rings. The second-order valence-corrected chi connectivity index (χ2v) is 5.93. The number of amides is 2. The lowest BCUT2D eigenvalue weighted by molar-refractivity contribution is -0.123. The molecule has 2 N–H and O–H groups in total. The van der Waals surface area contributed by atoms with Crippen molar-refractivity contribution >= 4 is 11.8 Å². The minimum atomic E-state index is -0.278. The minimum absolute atomic E-state index is 0.0445. The van der Waals surface area contributed by atoms with Gasteiger partial charge in [0.05, 0.1) is 17.5 Å². The molecule has 0 spiro atoms. The Balaban J connectivity index is 1.81. The van der Waals surface area contributed by atoms with E-state index in [0.717, 1.165) is 5.69 Å². The highest BCUT2D eigenvalue weighted by Gasteiger charge is 2.28. The van der Waals surface area contributed by atoms with Crippen LogP contribution in [0.4, 0.5) is 0 Å². The molecule has 126 valence electrons. The average molecular weight is 327 g/mol. The van der Waals surface area contributed by atoms with E-state index >= 15 is 0 Å². The number of hydrogen-bond acceptors (Lipinski definition) is 4. The molecule has 7 heteroatoms. The molecule has 0 atom stereocenters. The fraction of sp³-hybridized carbons (Fsp3) is 0.412. The van der Waals surface area contributed by atoms with Gasteiger partial charge in [0, 0.05) is 25.2 Å². The lowest BCUT2D eigenvalue weighted by atomic mass is 9.96. The SMILES string of the molecule is CCc1c(C(=O)N2CCC(C(N)=O)CC2)cnn1-c1ccccn1. The number of carbonyl (C=O) groups is 2. The average Bonchev–Trinajstić information content (AvgIpc) is 3.06. The normalized spacial score (nSPS) is 15.5. The van der Waals surface area contributed by atoms with Crippen molar-refractivity contribution in [2.24, 2.45) is 11.7 Å². The van der Waals surface area contributed by atoms with Crippen molar-refractivity contribution in [1.82, 2.24) is 19.7 Å². The van der Waals surface area contributed by atoms with Crippen LogP contribution in [0.2, 0.25) is 0 Å². The maximum absolute atomic E-state index is 12.8. The van der Waals surface area contributed by atoms with Crippen molar-refractivity contribution in [1.29, 1.82) is 0 Å². The maximum atomic E-state index is 12.8. The number of hydrogen-bond donors (Lipinski definition) is 1. The van der Waals surface area contributed by atoms with E-state index in [9.17, 15) is 9.59 Å². The van der Waals surface area contributed by atoms with Gasteiger partial charge in [-0.25, -0.2) is 9.67 Å². The summed E-state index contributed by atoms with van der Waals surface area (Å²) in [7, 11) is 0. The number of nitrogens with two attached hydrogens (primary N) is 1. The smallest absolute Gasteiger partial charge is 0.257 e. The van der Waals surface area contributed by atoms with E-state index < -0.39 is 0 Å². The van der Waals surface area contributed by atoms with Crippen molar-refractivity contribution < 1.29 is 9.59 Å². The van der Waals surface area contributed by atoms with Crippen LogP contribution >= 0.6 is 0 Å². The van der Waals surface area contributed by atoms with Crippen molar-refractivity contribution in [3.8, 4) is 5.82 Å². The van der Waals surface area contributed by atoms with Crippen LogP contribution < -0.4 is 5.73 Å². The van der Waals surface area contributed by atoms with Crippen molar-refractivity contribution in [2.45, 2.75) is 26.2 Å². The fourth-order valence-corrected chi connectivity index (χ4v) is 3.11. The molecule has 2 aromatic heterocycles. The third kappa shape index (κ3) is 3.02. The molecule has 3 rings (SSSR count). The molecule has 0 radical (unpaired) electrons. The van der Waals surface area contributed by atoms with Gasteiger partial charge in [0.15, 0.2) is 5.82 Å². The Bertz CT molecular complexity index is 733. The van der Waals surface area contributed by atoms with Crippen LogP contribution in [0.1, 0.15) is 35.8 Å². The minimum Gasteiger partial charge on any atom is -0.369 e. The molecular weight excluding hydrogens is 306 g/mol. The van der Waals surface area contributed by atoms with E-state index in [0.29, 0.717) is 43.7 Å². The van der Waals surface area contributed by atoms with Crippen LogP contribution in [0.15, 0.2) is 30.6 Å². The lowest BCUT2D eigenvalue weighted by Crippen LogP contribution is -2.41. The zero-order valence-electron chi connectivity index (χ0n) is 13.7. The van der Waals surface area contributed by atoms with Crippen LogP contribution in [0, 0.1) is 5.92 Å². The third-order valence-electron chi connectivity index (χ3n) is 4.48. The van der Waals surface area contributed by atoms with Crippen molar-refractivity contribution in [3.63, 3.8) is 0 Å². The molecule has 7 nitrogen and oxygen atoms in total. The molecule has 2 amide bonds. The summed E-state index contributed by atoms with van der Waals surface area (Å²) < 4.78 is 1.71. The van der Waals surface area contributed by atoms with E-state index in [1.54, 1.807) is 22.0 Å². The predicted molar refractivity (Wildman–Crippen MR) is 88.6 cm³/mol. The first-order valence-electron chi connectivity index (χ1n) is 8.18. The van der Waals surface area contributed by atoms with Crippen LogP contribution in [-0.2, 0) is 11.2 Å². The predicted octanol–water partition coefficient (Wildman–Crippen LogP) is 1.17. The Morgan fingerprint density at radius 3 is 2.62 bits per heavy atom. The maximum Gasteiger partial charge on any atom is 0.257 e. The first-order valence-corrected chi connectivity index (χ1v) is 8.18. The Kier molecular flexibility index (Phi) is 4.59. The molecule has 1 fully saturated rings. The summed E-state index contributed by atoms with van der Waals surface area (Å²) >= 11 is 0. The van der Waals surface area contributed by atoms with E-state index in [-0.39, 0.29) is 17.7 Å². The molecule has 3 heterocycles. The Morgan fingerprint density at radius 2 is 2.04 bits per heavy atom. The van der Waals surface area contributed by atoms with Gasteiger partial charge >= 0.3 is 0 Å². The Hall–Kier alpha value is -2.70. The van der Waals surface area contributed by atoms with Crippen molar-refractivity contribution in [3.05, 3.63) is 41.9 Å². The molecule has 1 aliphatic heterocycles. The molecular formula is C17H21N5O2. The Labute approximate surface area is 140 Å². The summed E-state index contributed by atoms with van der Waals surface area (Å²) in [5.74, 6) is 0.244. The van der Waals surface area contributed by atoms with E-state index in [4.69, 9.17) is 5.73 Å². The highest BCUT2D eigenvalue weighted by atomic mass is 16.2. The zero-order valence-corrected chi connectivity index (χ0v) is 13.7. The molecule has 0 aromatic carbocycles. The molecule has 0 bridgehead atoms. The van der Waals surface area contributed by atoms with Gasteiger partial charge in [0.2, 0.25) is 5.91 Å². The van der Waals surface area contributed by atoms with Crippen LogP contribution in [0.3, 0.4) is 0 Å². The summed E-state index contributed by atoms with van der Waals surface area (Å²) in [6.07, 6.45) is 5.23. The van der Waals surface area contributed by atoms with E-state index in [1.165, 1.54) is 0 Å². The largest absolute Gasteiger partial charge is 0.369 e. The molecule has 24 heavy (non-hydrogen) atoms. The quantitative estimate of drug-likeness (QED) is 0.912. The monoisotopic (exact) mass is 327 g/mol. The van der Waals surface area contributed by atoms with Gasteiger partial charge in [0.25, 0.3) is 5.91 Å². The summed E-state index contributed by atoms with van der Waals surface area (Å²) in [5.41, 5.74) is 6.79. The van der Waals surface area contributed by atoms with Gasteiger partial charge in [-0.2, -0.15) is 5.10 Å². The van der Waals surface area contributed by atoms with Crippen molar-refractivity contribution in [2.75, 3.05) is 13.1 Å².